The standard InChI is InChI=1S/C22H16BrNO6/c1-29-17-10-7-14(8-11-17)20(25)21(15-5-3-2-4-6-15)30-22(26)16-9-12-18(23)19(13-16)24(27)28/h2-13,21H,1H3/t21-/m0/s1. The highest BCUT2D eigenvalue weighted by molar-refractivity contribution is 9.10. The molecule has 3 aromatic carbocycles. The molecule has 0 saturated heterocycles. The number of esters is 1. The highest BCUT2D eigenvalue weighted by Crippen LogP contribution is 2.28. The monoisotopic (exact) mass is 469 g/mol. The average molecular weight is 470 g/mol. The summed E-state index contributed by atoms with van der Waals surface area (Å²) in [6.45, 7) is 0. The molecule has 0 amide bonds. The first kappa shape index (κ1) is 21.2. The van der Waals surface area contributed by atoms with E-state index in [1.54, 1.807) is 54.6 Å². The molecular weight excluding hydrogens is 454 g/mol. The second kappa shape index (κ2) is 9.32. The minimum Gasteiger partial charge on any atom is -0.497 e. The van der Waals surface area contributed by atoms with Crippen molar-refractivity contribution in [1.29, 1.82) is 0 Å². The van der Waals surface area contributed by atoms with Crippen LogP contribution in [0.15, 0.2) is 77.3 Å². The van der Waals surface area contributed by atoms with E-state index in [9.17, 15) is 19.7 Å². The van der Waals surface area contributed by atoms with Crippen LogP contribution in [0.4, 0.5) is 5.69 Å². The maximum Gasteiger partial charge on any atom is 0.339 e. The van der Waals surface area contributed by atoms with Gasteiger partial charge in [0, 0.05) is 17.2 Å². The van der Waals surface area contributed by atoms with E-state index >= 15 is 0 Å². The lowest BCUT2D eigenvalue weighted by Crippen LogP contribution is -2.20. The van der Waals surface area contributed by atoms with Crippen LogP contribution in [0.5, 0.6) is 5.75 Å². The lowest BCUT2D eigenvalue weighted by atomic mass is 9.99. The molecule has 3 rings (SSSR count). The number of nitro groups is 1. The summed E-state index contributed by atoms with van der Waals surface area (Å²) in [5.41, 5.74) is 0.507. The van der Waals surface area contributed by atoms with Gasteiger partial charge in [0.05, 0.1) is 22.1 Å². The van der Waals surface area contributed by atoms with E-state index in [4.69, 9.17) is 9.47 Å². The fourth-order valence-corrected chi connectivity index (χ4v) is 3.15. The van der Waals surface area contributed by atoms with Crippen LogP contribution in [0, 0.1) is 10.1 Å². The van der Waals surface area contributed by atoms with Crippen LogP contribution in [0.25, 0.3) is 0 Å². The van der Waals surface area contributed by atoms with Crippen molar-refractivity contribution in [3.05, 3.63) is 104 Å². The van der Waals surface area contributed by atoms with Crippen LogP contribution in [0.1, 0.15) is 32.4 Å². The highest BCUT2D eigenvalue weighted by atomic mass is 79.9. The van der Waals surface area contributed by atoms with Gasteiger partial charge in [0.2, 0.25) is 5.78 Å². The Bertz CT molecular complexity index is 1080. The Morgan fingerprint density at radius 3 is 2.20 bits per heavy atom. The summed E-state index contributed by atoms with van der Waals surface area (Å²) in [7, 11) is 1.52. The number of carbonyl (C=O) groups excluding carboxylic acids is 2. The third-order valence-corrected chi connectivity index (χ3v) is 4.99. The summed E-state index contributed by atoms with van der Waals surface area (Å²) in [4.78, 5) is 36.4. The van der Waals surface area contributed by atoms with Crippen molar-refractivity contribution in [3.63, 3.8) is 0 Å². The highest BCUT2D eigenvalue weighted by Gasteiger charge is 2.27. The van der Waals surface area contributed by atoms with E-state index in [2.05, 4.69) is 15.9 Å². The number of ketones is 1. The summed E-state index contributed by atoms with van der Waals surface area (Å²) in [6.07, 6.45) is -1.21. The van der Waals surface area contributed by atoms with E-state index in [1.165, 1.54) is 19.2 Å². The Morgan fingerprint density at radius 1 is 0.967 bits per heavy atom. The molecule has 0 radical (unpaired) electrons. The second-order valence-corrected chi connectivity index (χ2v) is 7.07. The normalized spacial score (nSPS) is 11.4. The Kier molecular flexibility index (Phi) is 6.58. The van der Waals surface area contributed by atoms with Gasteiger partial charge in [-0.25, -0.2) is 4.79 Å². The van der Waals surface area contributed by atoms with Gasteiger partial charge in [-0.3, -0.25) is 14.9 Å². The van der Waals surface area contributed by atoms with Gasteiger partial charge in [-0.15, -0.1) is 0 Å². The summed E-state index contributed by atoms with van der Waals surface area (Å²) >= 11 is 3.08. The van der Waals surface area contributed by atoms with Gasteiger partial charge < -0.3 is 9.47 Å². The van der Waals surface area contributed by atoms with Gasteiger partial charge in [0.25, 0.3) is 5.69 Å². The van der Waals surface area contributed by atoms with Gasteiger partial charge in [0.15, 0.2) is 6.10 Å². The first-order valence-electron chi connectivity index (χ1n) is 8.79. The number of nitro benzene ring substituents is 1. The Hall–Kier alpha value is -3.52. The van der Waals surface area contributed by atoms with Crippen LogP contribution in [-0.4, -0.2) is 23.8 Å². The van der Waals surface area contributed by atoms with E-state index in [1.807, 2.05) is 0 Å². The van der Waals surface area contributed by atoms with Crippen molar-refractivity contribution in [3.8, 4) is 5.75 Å². The van der Waals surface area contributed by atoms with E-state index < -0.39 is 22.8 Å². The second-order valence-electron chi connectivity index (χ2n) is 6.21. The number of halogens is 1. The van der Waals surface area contributed by atoms with E-state index in [-0.39, 0.29) is 15.7 Å². The lowest BCUT2D eigenvalue weighted by molar-refractivity contribution is -0.385. The maximum atomic E-state index is 13.1. The van der Waals surface area contributed by atoms with Crippen molar-refractivity contribution in [2.24, 2.45) is 0 Å². The molecule has 0 unspecified atom stereocenters. The maximum absolute atomic E-state index is 13.1. The fraction of sp³-hybridized carbons (Fsp3) is 0.0909. The van der Waals surface area contributed by atoms with Crippen molar-refractivity contribution >= 4 is 33.4 Å². The third kappa shape index (κ3) is 4.72. The number of ether oxygens (including phenoxy) is 2. The lowest BCUT2D eigenvalue weighted by Gasteiger charge is -2.18. The van der Waals surface area contributed by atoms with Crippen LogP contribution in [0.3, 0.4) is 0 Å². The van der Waals surface area contributed by atoms with Crippen molar-refractivity contribution in [2.45, 2.75) is 6.10 Å². The van der Waals surface area contributed by atoms with E-state index in [0.717, 1.165) is 6.07 Å². The number of benzene rings is 3. The Balaban J connectivity index is 1.93. The molecule has 0 spiro atoms. The third-order valence-electron chi connectivity index (χ3n) is 4.32. The van der Waals surface area contributed by atoms with Crippen molar-refractivity contribution in [2.75, 3.05) is 7.11 Å². The SMILES string of the molecule is COc1ccc(C(=O)[C@@H](OC(=O)c2ccc(Br)c([N+](=O)[O-])c2)c2ccccc2)cc1. The number of nitrogens with zero attached hydrogens (tertiary/aromatic N) is 1. The number of hydrogen-bond donors (Lipinski definition) is 0. The van der Waals surface area contributed by atoms with Crippen molar-refractivity contribution < 1.29 is 24.0 Å². The Morgan fingerprint density at radius 2 is 1.60 bits per heavy atom. The molecule has 8 heteroatoms. The molecule has 0 aliphatic heterocycles. The first-order chi connectivity index (χ1) is 14.4. The van der Waals surface area contributed by atoms with Crippen LogP contribution in [0.2, 0.25) is 0 Å². The molecule has 0 bridgehead atoms. The first-order valence-corrected chi connectivity index (χ1v) is 9.58. The van der Waals surface area contributed by atoms with Gasteiger partial charge >= 0.3 is 5.97 Å². The molecule has 0 heterocycles. The summed E-state index contributed by atoms with van der Waals surface area (Å²) in [5, 5.41) is 11.1. The topological polar surface area (TPSA) is 95.7 Å². The number of Topliss-reactive ketones (excluding diaryl/α,β-unsaturated/α-hetero) is 1. The molecule has 7 nitrogen and oxygen atoms in total. The van der Waals surface area contributed by atoms with Crippen molar-refractivity contribution in [1.82, 2.24) is 0 Å². The zero-order valence-electron chi connectivity index (χ0n) is 15.8. The molecule has 0 aromatic heterocycles. The predicted molar refractivity (Wildman–Crippen MR) is 113 cm³/mol. The van der Waals surface area contributed by atoms with Gasteiger partial charge in [-0.2, -0.15) is 0 Å². The molecule has 1 atom stereocenters. The number of methoxy groups -OCH3 is 1. The largest absolute Gasteiger partial charge is 0.497 e. The molecule has 0 aliphatic carbocycles. The molecule has 0 saturated carbocycles. The Labute approximate surface area is 180 Å². The molecule has 0 fully saturated rings. The summed E-state index contributed by atoms with van der Waals surface area (Å²) < 4.78 is 10.8. The van der Waals surface area contributed by atoms with Gasteiger partial charge in [-0.1, -0.05) is 30.3 Å². The summed E-state index contributed by atoms with van der Waals surface area (Å²) in [5.74, 6) is -0.688. The van der Waals surface area contributed by atoms with E-state index in [0.29, 0.717) is 16.9 Å². The number of rotatable bonds is 7. The molecule has 0 aliphatic rings. The van der Waals surface area contributed by atoms with Crippen LogP contribution in [-0.2, 0) is 4.74 Å². The predicted octanol–water partition coefficient (Wildman–Crippen LogP) is 5.15. The average Bonchev–Trinajstić information content (AvgIpc) is 2.77. The number of hydrogen-bond acceptors (Lipinski definition) is 6. The minimum absolute atomic E-state index is 0.0339. The molecular formula is C22H16BrNO6. The zero-order chi connectivity index (χ0) is 21.7. The molecule has 3 aromatic rings. The summed E-state index contributed by atoms with van der Waals surface area (Å²) in [6, 6.07) is 18.9. The fourth-order valence-electron chi connectivity index (χ4n) is 2.76. The van der Waals surface area contributed by atoms with Gasteiger partial charge in [0.1, 0.15) is 5.75 Å². The zero-order valence-corrected chi connectivity index (χ0v) is 17.4. The molecule has 30 heavy (non-hydrogen) atoms. The van der Waals surface area contributed by atoms with Gasteiger partial charge in [-0.05, 0) is 52.3 Å². The quantitative estimate of drug-likeness (QED) is 0.205. The smallest absolute Gasteiger partial charge is 0.339 e. The van der Waals surface area contributed by atoms with Crippen LogP contribution >= 0.6 is 15.9 Å². The molecule has 0 N–H and O–H groups in total. The molecule has 152 valence electrons. The minimum atomic E-state index is -1.21. The van der Waals surface area contributed by atoms with Crippen LogP contribution < -0.4 is 4.74 Å². The number of carbonyl (C=O) groups is 2.